The number of hydrogen-bond donors (Lipinski definition) is 0. The topological polar surface area (TPSA) is 25.8 Å². The molecule has 2 heteroatoms. The number of aromatic nitrogens is 2. The minimum absolute atomic E-state index is 0.222. The van der Waals surface area contributed by atoms with Gasteiger partial charge in [0.15, 0.2) is 5.82 Å². The van der Waals surface area contributed by atoms with Crippen LogP contribution in [0.5, 0.6) is 0 Å². The van der Waals surface area contributed by atoms with Crippen molar-refractivity contribution in [3.05, 3.63) is 96.2 Å². The molecule has 116 valence electrons. The van der Waals surface area contributed by atoms with E-state index in [2.05, 4.69) is 73.7 Å². The molecule has 24 heavy (non-hydrogen) atoms. The van der Waals surface area contributed by atoms with E-state index in [1.165, 1.54) is 5.56 Å². The third-order valence-electron chi connectivity index (χ3n) is 4.21. The van der Waals surface area contributed by atoms with Gasteiger partial charge < -0.3 is 0 Å². The van der Waals surface area contributed by atoms with Crippen LogP contribution in [0.25, 0.3) is 22.6 Å². The minimum atomic E-state index is 0.222. The van der Waals surface area contributed by atoms with Gasteiger partial charge in [-0.05, 0) is 13.0 Å². The Morgan fingerprint density at radius 2 is 1.46 bits per heavy atom. The van der Waals surface area contributed by atoms with Crippen LogP contribution in [-0.2, 0) is 0 Å². The third kappa shape index (κ3) is 2.91. The van der Waals surface area contributed by atoms with Crippen molar-refractivity contribution in [2.24, 2.45) is 0 Å². The van der Waals surface area contributed by atoms with Gasteiger partial charge in [0.05, 0.1) is 11.4 Å². The fourth-order valence-electron chi connectivity index (χ4n) is 2.85. The van der Waals surface area contributed by atoms with E-state index in [9.17, 15) is 0 Å². The first kappa shape index (κ1) is 14.6. The van der Waals surface area contributed by atoms with Crippen LogP contribution < -0.4 is 0 Å². The van der Waals surface area contributed by atoms with Crippen LogP contribution in [0.4, 0.5) is 0 Å². The molecule has 0 aliphatic heterocycles. The Hall–Kier alpha value is -3.00. The highest BCUT2D eigenvalue weighted by atomic mass is 14.9. The zero-order valence-electron chi connectivity index (χ0n) is 13.6. The van der Waals surface area contributed by atoms with Crippen LogP contribution in [0.1, 0.15) is 17.2 Å². The first-order chi connectivity index (χ1) is 11.8. The lowest BCUT2D eigenvalue weighted by Crippen LogP contribution is -2.00. The SMILES string of the molecule is Cc1ccc(-c2nc(-c3ccccc3)cc(C3C=CC=C3)n2)cc1. The molecule has 0 fully saturated rings. The van der Waals surface area contributed by atoms with E-state index in [0.29, 0.717) is 0 Å². The van der Waals surface area contributed by atoms with Crippen molar-refractivity contribution in [2.75, 3.05) is 0 Å². The summed E-state index contributed by atoms with van der Waals surface area (Å²) in [5.74, 6) is 1.000. The predicted molar refractivity (Wildman–Crippen MR) is 98.7 cm³/mol. The summed E-state index contributed by atoms with van der Waals surface area (Å²) < 4.78 is 0. The van der Waals surface area contributed by atoms with Crippen LogP contribution in [-0.4, -0.2) is 9.97 Å². The van der Waals surface area contributed by atoms with Gasteiger partial charge in [0.2, 0.25) is 0 Å². The van der Waals surface area contributed by atoms with Gasteiger partial charge in [0, 0.05) is 17.0 Å². The summed E-state index contributed by atoms with van der Waals surface area (Å²) in [7, 11) is 0. The summed E-state index contributed by atoms with van der Waals surface area (Å²) in [6.45, 7) is 2.09. The zero-order chi connectivity index (χ0) is 16.4. The second kappa shape index (κ2) is 6.25. The first-order valence-corrected chi connectivity index (χ1v) is 8.16. The Morgan fingerprint density at radius 1 is 0.750 bits per heavy atom. The number of rotatable bonds is 3. The smallest absolute Gasteiger partial charge is 0.160 e. The van der Waals surface area contributed by atoms with Gasteiger partial charge in [0.25, 0.3) is 0 Å². The van der Waals surface area contributed by atoms with Crippen molar-refractivity contribution in [3.8, 4) is 22.6 Å². The molecule has 0 saturated carbocycles. The molecule has 1 heterocycles. The molecule has 1 aliphatic carbocycles. The number of nitrogens with zero attached hydrogens (tertiary/aromatic N) is 2. The van der Waals surface area contributed by atoms with Crippen molar-refractivity contribution < 1.29 is 0 Å². The fraction of sp³-hybridized carbons (Fsp3) is 0.0909. The predicted octanol–water partition coefficient (Wildman–Crippen LogP) is 5.33. The molecule has 0 amide bonds. The Kier molecular flexibility index (Phi) is 3.80. The molecule has 0 atom stereocenters. The molecule has 4 rings (SSSR count). The Labute approximate surface area is 142 Å². The Morgan fingerprint density at radius 3 is 2.17 bits per heavy atom. The van der Waals surface area contributed by atoms with E-state index in [-0.39, 0.29) is 5.92 Å². The summed E-state index contributed by atoms with van der Waals surface area (Å²) in [4.78, 5) is 9.64. The molecule has 0 radical (unpaired) electrons. The summed E-state index contributed by atoms with van der Waals surface area (Å²) in [6.07, 6.45) is 8.47. The lowest BCUT2D eigenvalue weighted by molar-refractivity contribution is 0.983. The maximum Gasteiger partial charge on any atom is 0.160 e. The van der Waals surface area contributed by atoms with Crippen LogP contribution >= 0.6 is 0 Å². The van der Waals surface area contributed by atoms with Crippen molar-refractivity contribution in [2.45, 2.75) is 12.8 Å². The van der Waals surface area contributed by atoms with E-state index in [0.717, 1.165) is 28.3 Å². The lowest BCUT2D eigenvalue weighted by Gasteiger charge is -2.11. The number of benzene rings is 2. The normalized spacial score (nSPS) is 13.5. The summed E-state index contributed by atoms with van der Waals surface area (Å²) >= 11 is 0. The van der Waals surface area contributed by atoms with Crippen molar-refractivity contribution in [3.63, 3.8) is 0 Å². The van der Waals surface area contributed by atoms with E-state index in [1.807, 2.05) is 18.2 Å². The van der Waals surface area contributed by atoms with Gasteiger partial charge in [-0.25, -0.2) is 9.97 Å². The lowest BCUT2D eigenvalue weighted by atomic mass is 10.0. The molecule has 1 aromatic heterocycles. The molecule has 0 spiro atoms. The van der Waals surface area contributed by atoms with Gasteiger partial charge in [0.1, 0.15) is 0 Å². The summed E-state index contributed by atoms with van der Waals surface area (Å²) in [5, 5.41) is 0. The number of hydrogen-bond acceptors (Lipinski definition) is 2. The second-order valence-corrected chi connectivity index (χ2v) is 6.03. The van der Waals surface area contributed by atoms with Crippen LogP contribution in [0.2, 0.25) is 0 Å². The highest BCUT2D eigenvalue weighted by molar-refractivity contribution is 5.65. The average Bonchev–Trinajstić information content (AvgIpc) is 3.17. The van der Waals surface area contributed by atoms with Gasteiger partial charge >= 0.3 is 0 Å². The van der Waals surface area contributed by atoms with Gasteiger partial charge in [-0.1, -0.05) is 84.5 Å². The molecule has 1 aliphatic rings. The molecular formula is C22H18N2. The monoisotopic (exact) mass is 310 g/mol. The van der Waals surface area contributed by atoms with Crippen LogP contribution in [0.3, 0.4) is 0 Å². The number of aryl methyl sites for hydroxylation is 1. The molecule has 0 N–H and O–H groups in total. The molecular weight excluding hydrogens is 292 g/mol. The van der Waals surface area contributed by atoms with Gasteiger partial charge in [-0.3, -0.25) is 0 Å². The number of allylic oxidation sites excluding steroid dienone is 4. The maximum absolute atomic E-state index is 4.83. The van der Waals surface area contributed by atoms with Crippen LogP contribution in [0.15, 0.2) is 85.0 Å². The minimum Gasteiger partial charge on any atom is -0.232 e. The standard InChI is InChI=1S/C22H18N2/c1-16-11-13-19(14-12-16)22-23-20(17-7-3-2-4-8-17)15-21(24-22)18-9-5-6-10-18/h2-15,18H,1H3. The van der Waals surface area contributed by atoms with E-state index < -0.39 is 0 Å². The van der Waals surface area contributed by atoms with E-state index in [1.54, 1.807) is 0 Å². The van der Waals surface area contributed by atoms with Gasteiger partial charge in [-0.2, -0.15) is 0 Å². The average molecular weight is 310 g/mol. The highest BCUT2D eigenvalue weighted by Gasteiger charge is 2.14. The fourth-order valence-corrected chi connectivity index (χ4v) is 2.85. The Balaban J connectivity index is 1.86. The first-order valence-electron chi connectivity index (χ1n) is 8.16. The van der Waals surface area contributed by atoms with E-state index >= 15 is 0 Å². The Bertz CT molecular complexity index is 894. The molecule has 0 unspecified atom stereocenters. The van der Waals surface area contributed by atoms with Gasteiger partial charge in [-0.15, -0.1) is 0 Å². The van der Waals surface area contributed by atoms with Crippen molar-refractivity contribution in [1.29, 1.82) is 0 Å². The molecule has 0 bridgehead atoms. The zero-order valence-corrected chi connectivity index (χ0v) is 13.6. The highest BCUT2D eigenvalue weighted by Crippen LogP contribution is 2.28. The maximum atomic E-state index is 4.83. The molecule has 0 saturated heterocycles. The van der Waals surface area contributed by atoms with Crippen LogP contribution in [0, 0.1) is 6.92 Å². The van der Waals surface area contributed by atoms with E-state index in [4.69, 9.17) is 9.97 Å². The van der Waals surface area contributed by atoms with Crippen molar-refractivity contribution in [1.82, 2.24) is 9.97 Å². The quantitative estimate of drug-likeness (QED) is 0.653. The molecule has 2 nitrogen and oxygen atoms in total. The third-order valence-corrected chi connectivity index (χ3v) is 4.21. The second-order valence-electron chi connectivity index (χ2n) is 6.03. The molecule has 2 aromatic carbocycles. The largest absolute Gasteiger partial charge is 0.232 e. The molecule has 3 aromatic rings. The summed E-state index contributed by atoms with van der Waals surface area (Å²) in [6, 6.07) is 20.7. The van der Waals surface area contributed by atoms with Crippen molar-refractivity contribution >= 4 is 0 Å². The summed E-state index contributed by atoms with van der Waals surface area (Å²) in [5.41, 5.74) is 5.39.